The minimum atomic E-state index is -0.345. The summed E-state index contributed by atoms with van der Waals surface area (Å²) in [6.07, 6.45) is 2.98. The van der Waals surface area contributed by atoms with Crippen molar-refractivity contribution in [1.82, 2.24) is 0 Å². The first-order valence-electron chi connectivity index (χ1n) is 3.57. The lowest BCUT2D eigenvalue weighted by Gasteiger charge is -2.05. The van der Waals surface area contributed by atoms with Crippen LogP contribution in [0.15, 0.2) is 0 Å². The number of rotatable bonds is 5. The average Bonchev–Trinajstić information content (AvgIpc) is 1.85. The Balaban J connectivity index is 2.95. The largest absolute Gasteiger partial charge is 0.393 e. The zero-order valence-corrected chi connectivity index (χ0v) is 5.97. The molecule has 0 aliphatic carbocycles. The second-order valence-corrected chi connectivity index (χ2v) is 2.29. The number of hydrogen-bond donors (Lipinski definition) is 1. The third-order valence-electron chi connectivity index (χ3n) is 1.34. The summed E-state index contributed by atoms with van der Waals surface area (Å²) in [7, 11) is 0. The smallest absolute Gasteiger partial charge is 0.0846 e. The van der Waals surface area contributed by atoms with Gasteiger partial charge >= 0.3 is 0 Å². The highest BCUT2D eigenvalue weighted by atomic mass is 16.3. The van der Waals surface area contributed by atoms with E-state index in [-0.39, 0.29) is 12.7 Å². The van der Waals surface area contributed by atoms with Crippen molar-refractivity contribution in [2.75, 3.05) is 6.61 Å². The molecule has 0 bridgehead atoms. The maximum Gasteiger partial charge on any atom is 0.0846 e. The quantitative estimate of drug-likeness (QED) is 0.601. The predicted octanol–water partition coefficient (Wildman–Crippen LogP) is 1.36. The molecule has 0 aromatic rings. The number of aliphatic hydroxyl groups is 1. The lowest BCUT2D eigenvalue weighted by atomic mass is 10.1. The van der Waals surface area contributed by atoms with Crippen molar-refractivity contribution in [3.8, 4) is 0 Å². The van der Waals surface area contributed by atoms with Crippen molar-refractivity contribution >= 4 is 0 Å². The van der Waals surface area contributed by atoms with Crippen molar-refractivity contribution in [2.45, 2.75) is 38.7 Å². The van der Waals surface area contributed by atoms with E-state index < -0.39 is 0 Å². The van der Waals surface area contributed by atoms with E-state index in [0.717, 1.165) is 19.3 Å². The Kier molecular flexibility index (Phi) is 5.99. The maximum absolute atomic E-state index is 9.94. The van der Waals surface area contributed by atoms with Crippen LogP contribution in [0.4, 0.5) is 0 Å². The van der Waals surface area contributed by atoms with E-state index in [1.165, 1.54) is 0 Å². The minimum Gasteiger partial charge on any atom is -0.393 e. The molecule has 0 fully saturated rings. The van der Waals surface area contributed by atoms with Crippen LogP contribution in [-0.2, 0) is 5.11 Å². The van der Waals surface area contributed by atoms with E-state index >= 15 is 0 Å². The normalized spacial score (nSPS) is 13.7. The number of aliphatic hydroxyl groups excluding tert-OH is 1. The lowest BCUT2D eigenvalue weighted by Crippen LogP contribution is -2.07. The van der Waals surface area contributed by atoms with Gasteiger partial charge in [-0.05, 0) is 12.8 Å². The molecule has 2 nitrogen and oxygen atoms in total. The summed E-state index contributed by atoms with van der Waals surface area (Å²) in [5, 5.41) is 18.9. The lowest BCUT2D eigenvalue weighted by molar-refractivity contribution is 0.0970. The Morgan fingerprint density at radius 1 is 1.44 bits per heavy atom. The van der Waals surface area contributed by atoms with Crippen LogP contribution in [0.25, 0.3) is 0 Å². The molecular formula is C7H15O2. The summed E-state index contributed by atoms with van der Waals surface area (Å²) >= 11 is 0. The first-order chi connectivity index (χ1) is 4.31. The van der Waals surface area contributed by atoms with Crippen molar-refractivity contribution in [1.29, 1.82) is 0 Å². The van der Waals surface area contributed by atoms with Crippen LogP contribution in [0.2, 0.25) is 0 Å². The van der Waals surface area contributed by atoms with Gasteiger partial charge in [0, 0.05) is 0 Å². The van der Waals surface area contributed by atoms with Crippen LogP contribution >= 0.6 is 0 Å². The predicted molar refractivity (Wildman–Crippen MR) is 35.7 cm³/mol. The van der Waals surface area contributed by atoms with E-state index in [1.807, 2.05) is 0 Å². The molecule has 0 amide bonds. The van der Waals surface area contributed by atoms with Crippen LogP contribution in [-0.4, -0.2) is 17.8 Å². The van der Waals surface area contributed by atoms with Gasteiger partial charge < -0.3 is 5.11 Å². The van der Waals surface area contributed by atoms with E-state index in [9.17, 15) is 5.11 Å². The summed E-state index contributed by atoms with van der Waals surface area (Å²) in [5.74, 6) is 0. The molecule has 0 aromatic carbocycles. The summed E-state index contributed by atoms with van der Waals surface area (Å²) in [5.41, 5.74) is 0. The minimum absolute atomic E-state index is 0.148. The zero-order valence-electron chi connectivity index (χ0n) is 5.97. The van der Waals surface area contributed by atoms with Gasteiger partial charge in [-0.15, -0.1) is 0 Å². The highest BCUT2D eigenvalue weighted by Gasteiger charge is 2.00. The fraction of sp³-hybridized carbons (Fsp3) is 1.00. The summed E-state index contributed by atoms with van der Waals surface area (Å²) in [6.45, 7) is 1.93. The van der Waals surface area contributed by atoms with Gasteiger partial charge in [0.15, 0.2) is 0 Å². The van der Waals surface area contributed by atoms with Crippen LogP contribution in [0.5, 0.6) is 0 Å². The van der Waals surface area contributed by atoms with E-state index in [2.05, 4.69) is 6.92 Å². The van der Waals surface area contributed by atoms with E-state index in [1.54, 1.807) is 0 Å². The monoisotopic (exact) mass is 131 g/mol. The molecule has 1 atom stereocenters. The van der Waals surface area contributed by atoms with Gasteiger partial charge in [0.25, 0.3) is 0 Å². The van der Waals surface area contributed by atoms with Crippen molar-refractivity contribution in [3.63, 3.8) is 0 Å². The molecule has 55 valence electrons. The van der Waals surface area contributed by atoms with Gasteiger partial charge in [-0.3, -0.25) is 0 Å². The Morgan fingerprint density at radius 2 is 2.11 bits per heavy atom. The summed E-state index contributed by atoms with van der Waals surface area (Å²) < 4.78 is 0. The van der Waals surface area contributed by atoms with Crippen molar-refractivity contribution in [2.24, 2.45) is 0 Å². The summed E-state index contributed by atoms with van der Waals surface area (Å²) in [4.78, 5) is 0. The maximum atomic E-state index is 9.94. The van der Waals surface area contributed by atoms with Crippen LogP contribution < -0.4 is 0 Å². The molecule has 1 radical (unpaired) electrons. The molecule has 0 spiro atoms. The molecule has 2 heteroatoms. The molecule has 0 saturated carbocycles. The zero-order chi connectivity index (χ0) is 7.11. The average molecular weight is 131 g/mol. The van der Waals surface area contributed by atoms with Gasteiger partial charge in [-0.2, -0.15) is 0 Å². The second-order valence-electron chi connectivity index (χ2n) is 2.29. The first-order valence-corrected chi connectivity index (χ1v) is 3.57. The molecule has 0 saturated heterocycles. The van der Waals surface area contributed by atoms with Gasteiger partial charge in [0.05, 0.1) is 12.7 Å². The molecule has 0 rings (SSSR count). The molecule has 9 heavy (non-hydrogen) atoms. The molecule has 0 heterocycles. The highest BCUT2D eigenvalue weighted by molar-refractivity contribution is 4.52. The molecule has 0 aliphatic heterocycles. The molecule has 1 unspecified atom stereocenters. The third kappa shape index (κ3) is 5.80. The van der Waals surface area contributed by atoms with Gasteiger partial charge in [-0.1, -0.05) is 19.8 Å². The summed E-state index contributed by atoms with van der Waals surface area (Å²) in [6, 6.07) is 0. The fourth-order valence-electron chi connectivity index (χ4n) is 0.720. The third-order valence-corrected chi connectivity index (χ3v) is 1.34. The van der Waals surface area contributed by atoms with E-state index in [0.29, 0.717) is 6.42 Å². The Labute approximate surface area is 56.5 Å². The first kappa shape index (κ1) is 8.92. The molecule has 0 aromatic heterocycles. The Bertz CT molecular complexity index is 54.9. The molecule has 1 N–H and O–H groups in total. The van der Waals surface area contributed by atoms with Gasteiger partial charge in [0.2, 0.25) is 0 Å². The van der Waals surface area contributed by atoms with Crippen LogP contribution in [0.3, 0.4) is 0 Å². The highest BCUT2D eigenvalue weighted by Crippen LogP contribution is 2.02. The van der Waals surface area contributed by atoms with Crippen molar-refractivity contribution < 1.29 is 10.2 Å². The SMILES string of the molecule is CCCCC(O)CC[O]. The fourth-order valence-corrected chi connectivity index (χ4v) is 0.720. The van der Waals surface area contributed by atoms with Gasteiger partial charge in [0.1, 0.15) is 0 Å². The Morgan fingerprint density at radius 3 is 2.56 bits per heavy atom. The topological polar surface area (TPSA) is 40.1 Å². The number of unbranched alkanes of at least 4 members (excludes halogenated alkanes) is 1. The second kappa shape index (κ2) is 6.05. The van der Waals surface area contributed by atoms with Crippen LogP contribution in [0, 0.1) is 0 Å². The molecule has 0 aliphatic rings. The van der Waals surface area contributed by atoms with E-state index in [4.69, 9.17) is 5.11 Å². The number of hydrogen-bond acceptors (Lipinski definition) is 1. The van der Waals surface area contributed by atoms with Crippen molar-refractivity contribution in [3.05, 3.63) is 0 Å². The van der Waals surface area contributed by atoms with Gasteiger partial charge in [-0.25, -0.2) is 5.11 Å². The Hall–Kier alpha value is -0.0800. The standard InChI is InChI=1S/C7H15O2/c1-2-3-4-7(9)5-6-8/h7,9H,2-6H2,1H3. The molecular weight excluding hydrogens is 116 g/mol. The van der Waals surface area contributed by atoms with Crippen LogP contribution in [0.1, 0.15) is 32.6 Å².